The maximum Gasteiger partial charge on any atom is 0.278 e. The van der Waals surface area contributed by atoms with Crippen LogP contribution in [-0.2, 0) is 13.2 Å². The molecule has 2 bridgehead atoms. The predicted octanol–water partition coefficient (Wildman–Crippen LogP) is 3.77. The summed E-state index contributed by atoms with van der Waals surface area (Å²) in [6.07, 6.45) is 2.38. The highest BCUT2D eigenvalue weighted by atomic mass is 19.1. The molecule has 0 fully saturated rings. The summed E-state index contributed by atoms with van der Waals surface area (Å²) < 4.78 is 63.5. The molecule has 2 aromatic carbocycles. The van der Waals surface area contributed by atoms with Gasteiger partial charge in [-0.3, -0.25) is 24.1 Å². The standard InChI is InChI=1S/C28H24F4N4O4/c1-15-8-21(30)16(2)36-14-34(15)28(39)24-26(40-13-17-6-4-3-5-7-17)25(37)20(12-35(24)36)27(38)33-11-19-22(31)9-18(29)10-23(19)32/h3-10,12,15-16H,11,13-14H2,1-2H3,(H,33,38)/t15-,16+/m0/s1. The molecular formula is C28H24F4N4O4. The number of halogens is 4. The van der Waals surface area contributed by atoms with Crippen molar-refractivity contribution in [3.63, 3.8) is 0 Å². The van der Waals surface area contributed by atoms with Crippen molar-refractivity contribution >= 4 is 11.8 Å². The lowest BCUT2D eigenvalue weighted by Gasteiger charge is -2.42. The van der Waals surface area contributed by atoms with Gasteiger partial charge in [0.25, 0.3) is 11.8 Å². The molecule has 0 saturated heterocycles. The number of fused-ring (bicyclic) bond motifs is 4. The van der Waals surface area contributed by atoms with Gasteiger partial charge in [0, 0.05) is 30.4 Å². The van der Waals surface area contributed by atoms with Crippen LogP contribution in [0, 0.1) is 17.5 Å². The van der Waals surface area contributed by atoms with Gasteiger partial charge in [0.15, 0.2) is 11.4 Å². The summed E-state index contributed by atoms with van der Waals surface area (Å²) >= 11 is 0. The molecule has 1 aromatic heterocycles. The molecule has 3 aromatic rings. The van der Waals surface area contributed by atoms with Crippen molar-refractivity contribution in [1.82, 2.24) is 14.9 Å². The monoisotopic (exact) mass is 556 g/mol. The minimum Gasteiger partial charge on any atom is -0.482 e. The smallest absolute Gasteiger partial charge is 0.278 e. The first-order valence-corrected chi connectivity index (χ1v) is 12.4. The fraction of sp³-hybridized carbons (Fsp3) is 0.250. The lowest BCUT2D eigenvalue weighted by molar-refractivity contribution is 0.0648. The zero-order valence-corrected chi connectivity index (χ0v) is 21.5. The zero-order chi connectivity index (χ0) is 28.7. The molecule has 2 amide bonds. The topological polar surface area (TPSA) is 83.9 Å². The summed E-state index contributed by atoms with van der Waals surface area (Å²) in [7, 11) is 0. The zero-order valence-electron chi connectivity index (χ0n) is 21.5. The Bertz CT molecular complexity index is 1570. The molecule has 0 spiro atoms. The van der Waals surface area contributed by atoms with Gasteiger partial charge in [0.2, 0.25) is 5.43 Å². The average Bonchev–Trinajstić information content (AvgIpc) is 3.01. The van der Waals surface area contributed by atoms with E-state index in [1.807, 2.05) is 0 Å². The predicted molar refractivity (Wildman–Crippen MR) is 136 cm³/mol. The Balaban J connectivity index is 1.58. The minimum atomic E-state index is -1.22. The second-order valence-electron chi connectivity index (χ2n) is 9.52. The van der Waals surface area contributed by atoms with Crippen LogP contribution in [0.25, 0.3) is 0 Å². The summed E-state index contributed by atoms with van der Waals surface area (Å²) in [5.74, 6) is -6.15. The van der Waals surface area contributed by atoms with Crippen molar-refractivity contribution in [3.05, 3.63) is 111 Å². The molecule has 0 saturated carbocycles. The van der Waals surface area contributed by atoms with E-state index in [0.29, 0.717) is 17.7 Å². The van der Waals surface area contributed by atoms with Gasteiger partial charge in [-0.15, -0.1) is 0 Å². The molecule has 208 valence electrons. The van der Waals surface area contributed by atoms with Crippen LogP contribution in [0.4, 0.5) is 17.6 Å². The molecule has 8 nitrogen and oxygen atoms in total. The van der Waals surface area contributed by atoms with E-state index in [-0.39, 0.29) is 19.0 Å². The van der Waals surface area contributed by atoms with Crippen molar-refractivity contribution in [3.8, 4) is 5.75 Å². The van der Waals surface area contributed by atoms with Crippen molar-refractivity contribution in [2.75, 3.05) is 11.7 Å². The largest absolute Gasteiger partial charge is 0.482 e. The van der Waals surface area contributed by atoms with Crippen molar-refractivity contribution in [2.24, 2.45) is 0 Å². The van der Waals surface area contributed by atoms with Crippen LogP contribution < -0.4 is 20.5 Å². The normalized spacial score (nSPS) is 18.1. The Morgan fingerprint density at radius 3 is 2.40 bits per heavy atom. The first kappa shape index (κ1) is 27.0. The highest BCUT2D eigenvalue weighted by Crippen LogP contribution is 2.30. The maximum absolute atomic E-state index is 15.0. The summed E-state index contributed by atoms with van der Waals surface area (Å²) in [4.78, 5) is 41.7. The summed E-state index contributed by atoms with van der Waals surface area (Å²) in [5.41, 5.74) is -1.58. The number of aromatic nitrogens is 1. The molecular weight excluding hydrogens is 532 g/mol. The van der Waals surface area contributed by atoms with E-state index in [1.54, 1.807) is 44.2 Å². The molecule has 0 radical (unpaired) electrons. The first-order chi connectivity index (χ1) is 19.1. The molecule has 1 N–H and O–H groups in total. The summed E-state index contributed by atoms with van der Waals surface area (Å²) in [6.45, 7) is 2.34. The van der Waals surface area contributed by atoms with Crippen molar-refractivity contribution in [1.29, 1.82) is 0 Å². The summed E-state index contributed by atoms with van der Waals surface area (Å²) in [5, 5.41) is 3.72. The number of hydrogen-bond acceptors (Lipinski definition) is 5. The second-order valence-corrected chi connectivity index (χ2v) is 9.52. The van der Waals surface area contributed by atoms with Gasteiger partial charge in [-0.2, -0.15) is 0 Å². The maximum atomic E-state index is 15.0. The minimum absolute atomic E-state index is 0.0495. The van der Waals surface area contributed by atoms with Crippen LogP contribution in [0.2, 0.25) is 0 Å². The number of carbonyl (C=O) groups is 2. The van der Waals surface area contributed by atoms with Gasteiger partial charge < -0.3 is 15.0 Å². The SMILES string of the molecule is C[C@@H]1C(F)=C[C@H](C)N2CN1n1cc(C(=O)NCc3c(F)cc(F)cc3F)c(=O)c(OCc3ccccc3)c1C2=O. The van der Waals surface area contributed by atoms with Crippen LogP contribution in [0.5, 0.6) is 5.75 Å². The number of rotatable bonds is 6. The van der Waals surface area contributed by atoms with E-state index in [9.17, 15) is 31.9 Å². The number of nitrogens with one attached hydrogen (secondary N) is 1. The molecule has 2 aliphatic rings. The van der Waals surface area contributed by atoms with E-state index in [0.717, 1.165) is 6.20 Å². The first-order valence-electron chi connectivity index (χ1n) is 12.4. The number of carbonyl (C=O) groups excluding carboxylic acids is 2. The Kier molecular flexibility index (Phi) is 7.09. The van der Waals surface area contributed by atoms with Gasteiger partial charge in [-0.05, 0) is 25.5 Å². The van der Waals surface area contributed by atoms with Crippen LogP contribution in [0.1, 0.15) is 45.8 Å². The number of nitrogens with zero attached hydrogens (tertiary/aromatic N) is 3. The van der Waals surface area contributed by atoms with Gasteiger partial charge in [-0.25, -0.2) is 17.6 Å². The molecule has 40 heavy (non-hydrogen) atoms. The molecule has 0 aliphatic carbocycles. The second kappa shape index (κ2) is 10.5. The average molecular weight is 557 g/mol. The molecule has 2 aliphatic heterocycles. The lowest BCUT2D eigenvalue weighted by Crippen LogP contribution is -2.58. The fourth-order valence-corrected chi connectivity index (χ4v) is 4.66. The molecule has 12 heteroatoms. The lowest BCUT2D eigenvalue weighted by atomic mass is 10.1. The quantitative estimate of drug-likeness (QED) is 0.468. The number of hydrogen-bond donors (Lipinski definition) is 1. The molecule has 2 atom stereocenters. The summed E-state index contributed by atoms with van der Waals surface area (Å²) in [6, 6.07) is 8.22. The van der Waals surface area contributed by atoms with Crippen molar-refractivity contribution in [2.45, 2.75) is 39.1 Å². The number of pyridine rings is 1. The third kappa shape index (κ3) is 4.80. The molecule has 0 unspecified atom stereocenters. The van der Waals surface area contributed by atoms with E-state index in [1.165, 1.54) is 20.7 Å². The van der Waals surface area contributed by atoms with Crippen LogP contribution in [-0.4, -0.2) is 40.1 Å². The number of ether oxygens (including phenoxy) is 1. The van der Waals surface area contributed by atoms with E-state index < -0.39 is 76.0 Å². The highest BCUT2D eigenvalue weighted by molar-refractivity contribution is 5.99. The van der Waals surface area contributed by atoms with Gasteiger partial charge in [-0.1, -0.05) is 30.3 Å². The van der Waals surface area contributed by atoms with E-state index >= 15 is 0 Å². The highest BCUT2D eigenvalue weighted by Gasteiger charge is 2.41. The number of benzene rings is 2. The van der Waals surface area contributed by atoms with Gasteiger partial charge in [0.05, 0.1) is 12.1 Å². The fourth-order valence-electron chi connectivity index (χ4n) is 4.66. The van der Waals surface area contributed by atoms with Crippen LogP contribution in [0.3, 0.4) is 0 Å². The van der Waals surface area contributed by atoms with Gasteiger partial charge >= 0.3 is 0 Å². The third-order valence-corrected chi connectivity index (χ3v) is 6.92. The Morgan fingerprint density at radius 2 is 1.73 bits per heavy atom. The Morgan fingerprint density at radius 1 is 1.05 bits per heavy atom. The van der Waals surface area contributed by atoms with Gasteiger partial charge in [0.1, 0.15) is 42.1 Å². The van der Waals surface area contributed by atoms with E-state index in [2.05, 4.69) is 5.32 Å². The Hall–Kier alpha value is -4.61. The third-order valence-electron chi connectivity index (χ3n) is 6.92. The van der Waals surface area contributed by atoms with Crippen LogP contribution in [0.15, 0.2) is 65.4 Å². The molecule has 3 heterocycles. The van der Waals surface area contributed by atoms with Crippen LogP contribution >= 0.6 is 0 Å². The van der Waals surface area contributed by atoms with E-state index in [4.69, 9.17) is 4.74 Å². The van der Waals surface area contributed by atoms with Crippen molar-refractivity contribution < 1.29 is 31.9 Å². The molecule has 5 rings (SSSR count). The Labute approximate surface area is 226 Å². The number of amides is 2.